The van der Waals surface area contributed by atoms with Gasteiger partial charge in [-0.05, 0) is 31.2 Å². The maximum Gasteiger partial charge on any atom is 0.254 e. The van der Waals surface area contributed by atoms with Gasteiger partial charge < -0.3 is 20.8 Å². The molecule has 0 spiro atoms. The number of benzene rings is 1. The van der Waals surface area contributed by atoms with E-state index in [1.54, 1.807) is 36.4 Å². The Kier molecular flexibility index (Phi) is 3.46. The lowest BCUT2D eigenvalue weighted by atomic mass is 10.1. The summed E-state index contributed by atoms with van der Waals surface area (Å²) in [4.78, 5) is 13.9. The molecule has 5 nitrogen and oxygen atoms in total. The molecule has 0 radical (unpaired) electrons. The number of amides is 1. The molecule has 5 heteroatoms. The first-order valence-corrected chi connectivity index (χ1v) is 5.92. The molecule has 0 fully saturated rings. The van der Waals surface area contributed by atoms with Crippen LogP contribution < -0.4 is 11.5 Å². The van der Waals surface area contributed by atoms with Crippen molar-refractivity contribution in [2.75, 3.05) is 18.5 Å². The van der Waals surface area contributed by atoms with Crippen LogP contribution in [-0.2, 0) is 6.54 Å². The predicted molar refractivity (Wildman–Crippen MR) is 74.5 cm³/mol. The molecule has 0 aliphatic rings. The van der Waals surface area contributed by atoms with Crippen LogP contribution in [0.1, 0.15) is 21.7 Å². The monoisotopic (exact) mass is 259 g/mol. The van der Waals surface area contributed by atoms with Crippen molar-refractivity contribution < 1.29 is 9.21 Å². The van der Waals surface area contributed by atoms with E-state index in [0.29, 0.717) is 23.5 Å². The summed E-state index contributed by atoms with van der Waals surface area (Å²) < 4.78 is 5.21. The minimum Gasteiger partial charge on any atom is -0.469 e. The number of hydrogen-bond donors (Lipinski definition) is 2. The van der Waals surface area contributed by atoms with Crippen LogP contribution in [0.15, 0.2) is 34.9 Å². The highest BCUT2D eigenvalue weighted by atomic mass is 16.3. The smallest absolute Gasteiger partial charge is 0.254 e. The van der Waals surface area contributed by atoms with E-state index in [1.807, 2.05) is 13.0 Å². The van der Waals surface area contributed by atoms with Gasteiger partial charge >= 0.3 is 0 Å². The molecule has 2 aromatic rings. The van der Waals surface area contributed by atoms with Gasteiger partial charge in [0.05, 0.1) is 6.26 Å². The predicted octanol–water partition coefficient (Wildman–Crippen LogP) is 2.02. The first-order valence-electron chi connectivity index (χ1n) is 5.92. The third-order valence-corrected chi connectivity index (χ3v) is 2.95. The Morgan fingerprint density at radius 3 is 2.42 bits per heavy atom. The van der Waals surface area contributed by atoms with Crippen LogP contribution in [0.3, 0.4) is 0 Å². The molecule has 0 aliphatic carbocycles. The summed E-state index contributed by atoms with van der Waals surface area (Å²) in [5.41, 5.74) is 13.8. The fraction of sp³-hybridized carbons (Fsp3) is 0.214. The average Bonchev–Trinajstić information content (AvgIpc) is 2.72. The van der Waals surface area contributed by atoms with Crippen molar-refractivity contribution in [3.63, 3.8) is 0 Å². The van der Waals surface area contributed by atoms with E-state index in [2.05, 4.69) is 0 Å². The van der Waals surface area contributed by atoms with Crippen LogP contribution in [-0.4, -0.2) is 17.9 Å². The average molecular weight is 259 g/mol. The van der Waals surface area contributed by atoms with E-state index in [1.165, 1.54) is 0 Å². The Labute approximate surface area is 111 Å². The van der Waals surface area contributed by atoms with Crippen molar-refractivity contribution in [3.05, 3.63) is 47.4 Å². The highest BCUT2D eigenvalue weighted by Crippen LogP contribution is 2.17. The van der Waals surface area contributed by atoms with E-state index >= 15 is 0 Å². The number of furan rings is 1. The summed E-state index contributed by atoms with van der Waals surface area (Å²) in [6, 6.07) is 6.72. The van der Waals surface area contributed by atoms with Gasteiger partial charge in [-0.1, -0.05) is 0 Å². The molecule has 0 saturated heterocycles. The van der Waals surface area contributed by atoms with Gasteiger partial charge in [0, 0.05) is 36.1 Å². The maximum atomic E-state index is 12.3. The molecule has 2 rings (SSSR count). The zero-order valence-electron chi connectivity index (χ0n) is 11.0. The molecule has 4 N–H and O–H groups in total. The summed E-state index contributed by atoms with van der Waals surface area (Å²) in [6.07, 6.45) is 1.61. The third kappa shape index (κ3) is 2.88. The topological polar surface area (TPSA) is 85.5 Å². The standard InChI is InChI=1S/C14H17N3O2/c1-9-10(3-4-19-9)8-17(2)14(18)11-5-12(15)7-13(16)6-11/h3-7H,8,15-16H2,1-2H3. The number of hydrogen-bond acceptors (Lipinski definition) is 4. The van der Waals surface area contributed by atoms with Crippen LogP contribution in [0.4, 0.5) is 11.4 Å². The highest BCUT2D eigenvalue weighted by Gasteiger charge is 2.14. The van der Waals surface area contributed by atoms with E-state index in [4.69, 9.17) is 15.9 Å². The summed E-state index contributed by atoms with van der Waals surface area (Å²) in [5.74, 6) is 0.686. The Balaban J connectivity index is 2.17. The minimum absolute atomic E-state index is 0.125. The first kappa shape index (κ1) is 13.0. The van der Waals surface area contributed by atoms with Gasteiger partial charge in [0.25, 0.3) is 5.91 Å². The number of carbonyl (C=O) groups excluding carboxylic acids is 1. The number of rotatable bonds is 3. The molecular weight excluding hydrogens is 242 g/mol. The third-order valence-electron chi connectivity index (χ3n) is 2.95. The lowest BCUT2D eigenvalue weighted by molar-refractivity contribution is 0.0785. The van der Waals surface area contributed by atoms with Crippen molar-refractivity contribution in [2.24, 2.45) is 0 Å². The largest absolute Gasteiger partial charge is 0.469 e. The van der Waals surface area contributed by atoms with Crippen LogP contribution in [0.25, 0.3) is 0 Å². The van der Waals surface area contributed by atoms with Crippen LogP contribution >= 0.6 is 0 Å². The molecular formula is C14H17N3O2. The number of carbonyl (C=O) groups is 1. The Morgan fingerprint density at radius 1 is 1.26 bits per heavy atom. The fourth-order valence-corrected chi connectivity index (χ4v) is 1.92. The zero-order valence-corrected chi connectivity index (χ0v) is 11.0. The van der Waals surface area contributed by atoms with Gasteiger partial charge in [0.1, 0.15) is 5.76 Å². The Hall–Kier alpha value is -2.43. The number of aryl methyl sites for hydroxylation is 1. The lowest BCUT2D eigenvalue weighted by Crippen LogP contribution is -2.26. The first-order chi connectivity index (χ1) is 8.97. The van der Waals surface area contributed by atoms with Crippen LogP contribution in [0, 0.1) is 6.92 Å². The highest BCUT2D eigenvalue weighted by molar-refractivity contribution is 5.95. The molecule has 1 amide bonds. The van der Waals surface area contributed by atoms with Gasteiger partial charge in [-0.2, -0.15) is 0 Å². The van der Waals surface area contributed by atoms with Gasteiger partial charge in [-0.15, -0.1) is 0 Å². The normalized spacial score (nSPS) is 10.4. The molecule has 1 aromatic heterocycles. The van der Waals surface area contributed by atoms with E-state index < -0.39 is 0 Å². The zero-order chi connectivity index (χ0) is 14.0. The van der Waals surface area contributed by atoms with Gasteiger partial charge in [-0.3, -0.25) is 4.79 Å². The van der Waals surface area contributed by atoms with Crippen LogP contribution in [0.5, 0.6) is 0 Å². The van der Waals surface area contributed by atoms with Crippen molar-refractivity contribution in [1.29, 1.82) is 0 Å². The number of nitrogens with two attached hydrogens (primary N) is 2. The van der Waals surface area contributed by atoms with Crippen molar-refractivity contribution in [3.8, 4) is 0 Å². The summed E-state index contributed by atoms with van der Waals surface area (Å²) in [7, 11) is 1.73. The molecule has 1 heterocycles. The molecule has 19 heavy (non-hydrogen) atoms. The van der Waals surface area contributed by atoms with Crippen molar-refractivity contribution in [2.45, 2.75) is 13.5 Å². The summed E-state index contributed by atoms with van der Waals surface area (Å²) in [6.45, 7) is 2.35. The van der Waals surface area contributed by atoms with Crippen molar-refractivity contribution >= 4 is 17.3 Å². The molecule has 100 valence electrons. The lowest BCUT2D eigenvalue weighted by Gasteiger charge is -2.17. The molecule has 0 saturated carbocycles. The Morgan fingerprint density at radius 2 is 1.89 bits per heavy atom. The second-order valence-corrected chi connectivity index (χ2v) is 4.55. The van der Waals surface area contributed by atoms with Gasteiger partial charge in [0.15, 0.2) is 0 Å². The van der Waals surface area contributed by atoms with E-state index in [0.717, 1.165) is 11.3 Å². The minimum atomic E-state index is -0.125. The van der Waals surface area contributed by atoms with Crippen LogP contribution in [0.2, 0.25) is 0 Å². The second kappa shape index (κ2) is 5.06. The number of nitrogen functional groups attached to an aromatic ring is 2. The number of nitrogens with zero attached hydrogens (tertiary/aromatic N) is 1. The van der Waals surface area contributed by atoms with Gasteiger partial charge in [0.2, 0.25) is 0 Å². The molecule has 0 bridgehead atoms. The summed E-state index contributed by atoms with van der Waals surface area (Å²) >= 11 is 0. The summed E-state index contributed by atoms with van der Waals surface area (Å²) in [5, 5.41) is 0. The second-order valence-electron chi connectivity index (χ2n) is 4.55. The van der Waals surface area contributed by atoms with Gasteiger partial charge in [-0.25, -0.2) is 0 Å². The molecule has 0 unspecified atom stereocenters. The van der Waals surface area contributed by atoms with E-state index in [9.17, 15) is 4.79 Å². The quantitative estimate of drug-likeness (QED) is 0.826. The van der Waals surface area contributed by atoms with E-state index in [-0.39, 0.29) is 5.91 Å². The maximum absolute atomic E-state index is 12.3. The number of anilines is 2. The molecule has 0 atom stereocenters. The SMILES string of the molecule is Cc1occc1CN(C)C(=O)c1cc(N)cc(N)c1. The Bertz CT molecular complexity index is 584. The van der Waals surface area contributed by atoms with Crippen molar-refractivity contribution in [1.82, 2.24) is 4.90 Å². The molecule has 1 aromatic carbocycles. The molecule has 0 aliphatic heterocycles. The fourth-order valence-electron chi connectivity index (χ4n) is 1.92.